The van der Waals surface area contributed by atoms with Gasteiger partial charge in [-0.05, 0) is 35.7 Å². The van der Waals surface area contributed by atoms with E-state index in [0.29, 0.717) is 18.3 Å². The number of nitrogens with one attached hydrogen (secondary N) is 1. The van der Waals surface area contributed by atoms with Crippen molar-refractivity contribution in [1.29, 1.82) is 0 Å². The molecule has 0 saturated heterocycles. The Morgan fingerprint density at radius 2 is 1.76 bits per heavy atom. The molecule has 0 atom stereocenters. The van der Waals surface area contributed by atoms with E-state index in [-0.39, 0.29) is 11.7 Å². The van der Waals surface area contributed by atoms with Crippen molar-refractivity contribution in [2.75, 3.05) is 24.8 Å². The highest BCUT2D eigenvalue weighted by Crippen LogP contribution is 2.24. The number of thioether (sulfide) groups is 1. The summed E-state index contributed by atoms with van der Waals surface area (Å²) in [6, 6.07) is 21.9. The fraction of sp³-hybridized carbons (Fsp3) is 0.200. The van der Waals surface area contributed by atoms with E-state index in [0.717, 1.165) is 29.1 Å². The van der Waals surface area contributed by atoms with E-state index in [9.17, 15) is 4.79 Å². The van der Waals surface area contributed by atoms with E-state index < -0.39 is 0 Å². The van der Waals surface area contributed by atoms with Gasteiger partial charge >= 0.3 is 0 Å². The number of amides is 1. The summed E-state index contributed by atoms with van der Waals surface area (Å²) in [6.07, 6.45) is 4.20. The second-order valence-corrected chi connectivity index (χ2v) is 8.29. The van der Waals surface area contributed by atoms with Gasteiger partial charge in [-0.15, -0.1) is 10.2 Å². The zero-order valence-corrected chi connectivity index (χ0v) is 19.2. The van der Waals surface area contributed by atoms with Crippen LogP contribution < -0.4 is 5.32 Å². The second kappa shape index (κ2) is 11.4. The van der Waals surface area contributed by atoms with E-state index >= 15 is 0 Å². The molecule has 0 saturated carbocycles. The molecule has 0 unspecified atom stereocenters. The topological polar surface area (TPSA) is 81.9 Å². The highest BCUT2D eigenvalue weighted by atomic mass is 32.2. The molecule has 0 aliphatic rings. The summed E-state index contributed by atoms with van der Waals surface area (Å²) in [5, 5.41) is 12.4. The van der Waals surface area contributed by atoms with Gasteiger partial charge < -0.3 is 10.1 Å². The van der Waals surface area contributed by atoms with Crippen molar-refractivity contribution in [3.05, 3.63) is 90.3 Å². The van der Waals surface area contributed by atoms with Crippen LogP contribution in [0.2, 0.25) is 0 Å². The lowest BCUT2D eigenvalue weighted by Gasteiger charge is -2.12. The fourth-order valence-electron chi connectivity index (χ4n) is 3.42. The summed E-state index contributed by atoms with van der Waals surface area (Å²) in [6.45, 7) is 1.10. The van der Waals surface area contributed by atoms with Gasteiger partial charge in [0, 0.05) is 30.8 Å². The van der Waals surface area contributed by atoms with Crippen LogP contribution in [0.3, 0.4) is 0 Å². The van der Waals surface area contributed by atoms with E-state index in [2.05, 4.69) is 32.6 Å². The minimum absolute atomic E-state index is 0.0905. The van der Waals surface area contributed by atoms with Crippen LogP contribution in [0.5, 0.6) is 0 Å². The molecule has 4 rings (SSSR count). The number of para-hydroxylation sites is 1. The molecule has 33 heavy (non-hydrogen) atoms. The Bertz CT molecular complexity index is 1180. The number of hydrogen-bond acceptors (Lipinski definition) is 6. The smallest absolute Gasteiger partial charge is 0.234 e. The summed E-state index contributed by atoms with van der Waals surface area (Å²) >= 11 is 1.36. The number of hydrogen-bond donors (Lipinski definition) is 1. The third kappa shape index (κ3) is 6.06. The maximum absolute atomic E-state index is 12.8. The number of nitrogens with zero attached hydrogens (tertiary/aromatic N) is 4. The molecule has 2 aromatic heterocycles. The van der Waals surface area contributed by atoms with Crippen molar-refractivity contribution >= 4 is 23.4 Å². The van der Waals surface area contributed by atoms with Crippen LogP contribution >= 0.6 is 11.8 Å². The normalized spacial score (nSPS) is 10.8. The molecule has 8 heteroatoms. The first-order valence-corrected chi connectivity index (χ1v) is 11.6. The van der Waals surface area contributed by atoms with E-state index in [1.54, 1.807) is 19.5 Å². The van der Waals surface area contributed by atoms with E-state index in [4.69, 9.17) is 4.74 Å². The quantitative estimate of drug-likeness (QED) is 0.356. The summed E-state index contributed by atoms with van der Waals surface area (Å²) in [5.41, 5.74) is 4.01. The molecule has 2 heterocycles. The van der Waals surface area contributed by atoms with E-state index in [1.165, 1.54) is 17.3 Å². The molecule has 168 valence electrons. The molecule has 1 amide bonds. The van der Waals surface area contributed by atoms with Crippen molar-refractivity contribution in [1.82, 2.24) is 19.7 Å². The van der Waals surface area contributed by atoms with Crippen LogP contribution in [0.25, 0.3) is 11.4 Å². The molecule has 0 bridgehead atoms. The summed E-state index contributed by atoms with van der Waals surface area (Å²) < 4.78 is 7.22. The number of carbonyl (C=O) groups excluding carboxylic acids is 1. The van der Waals surface area contributed by atoms with Gasteiger partial charge in [0.25, 0.3) is 0 Å². The minimum Gasteiger partial charge on any atom is -0.383 e. The first-order valence-electron chi connectivity index (χ1n) is 10.6. The molecule has 0 aliphatic heterocycles. The Morgan fingerprint density at radius 3 is 2.55 bits per heavy atom. The molecule has 0 radical (unpaired) electrons. The predicted octanol–water partition coefficient (Wildman–Crippen LogP) is 4.31. The van der Waals surface area contributed by atoms with Crippen molar-refractivity contribution in [2.45, 2.75) is 18.1 Å². The first kappa shape index (κ1) is 22.7. The maximum Gasteiger partial charge on any atom is 0.234 e. The standard InChI is InChI=1S/C25H25N5O2S/c1-32-16-15-30-24(20-11-13-26-14-12-20)28-29-25(30)33-18-23(31)27-22-10-6-5-9-21(22)17-19-7-3-2-4-8-19/h2-14H,15-18H2,1H3,(H,27,31). The van der Waals surface area contributed by atoms with Crippen molar-refractivity contribution in [3.8, 4) is 11.4 Å². The molecule has 0 spiro atoms. The lowest BCUT2D eigenvalue weighted by Crippen LogP contribution is -2.16. The van der Waals surface area contributed by atoms with Crippen LogP contribution in [-0.2, 0) is 22.5 Å². The SMILES string of the molecule is COCCn1c(SCC(=O)Nc2ccccc2Cc2ccccc2)nnc1-c1ccncc1. The van der Waals surface area contributed by atoms with Gasteiger partial charge in [0.15, 0.2) is 11.0 Å². The number of aromatic nitrogens is 4. The molecule has 1 N–H and O–H groups in total. The van der Waals surface area contributed by atoms with Gasteiger partial charge in [0.2, 0.25) is 5.91 Å². The zero-order valence-electron chi connectivity index (χ0n) is 18.3. The van der Waals surface area contributed by atoms with Gasteiger partial charge in [0.1, 0.15) is 0 Å². The Hall–Kier alpha value is -3.49. The van der Waals surface area contributed by atoms with Gasteiger partial charge in [-0.2, -0.15) is 0 Å². The molecule has 7 nitrogen and oxygen atoms in total. The largest absolute Gasteiger partial charge is 0.383 e. The van der Waals surface area contributed by atoms with Crippen molar-refractivity contribution in [2.24, 2.45) is 0 Å². The third-order valence-corrected chi connectivity index (χ3v) is 6.00. The molecule has 0 fully saturated rings. The highest BCUT2D eigenvalue weighted by molar-refractivity contribution is 7.99. The number of ether oxygens (including phenoxy) is 1. The lowest BCUT2D eigenvalue weighted by molar-refractivity contribution is -0.113. The van der Waals surface area contributed by atoms with Gasteiger partial charge in [-0.1, -0.05) is 60.3 Å². The molecular formula is C25H25N5O2S. The van der Waals surface area contributed by atoms with Crippen LogP contribution in [0.4, 0.5) is 5.69 Å². The maximum atomic E-state index is 12.8. The van der Waals surface area contributed by atoms with Crippen molar-refractivity contribution in [3.63, 3.8) is 0 Å². The number of pyridine rings is 1. The minimum atomic E-state index is -0.0905. The summed E-state index contributed by atoms with van der Waals surface area (Å²) in [4.78, 5) is 16.8. The average molecular weight is 460 g/mol. The monoisotopic (exact) mass is 459 g/mol. The number of methoxy groups -OCH3 is 1. The zero-order chi connectivity index (χ0) is 22.9. The average Bonchev–Trinajstić information content (AvgIpc) is 3.26. The van der Waals surface area contributed by atoms with Crippen LogP contribution in [0.1, 0.15) is 11.1 Å². The molecule has 4 aromatic rings. The number of rotatable bonds is 10. The van der Waals surface area contributed by atoms with Crippen LogP contribution in [0, 0.1) is 0 Å². The summed E-state index contributed by atoms with van der Waals surface area (Å²) in [5.74, 6) is 0.860. The fourth-order valence-corrected chi connectivity index (χ4v) is 4.19. The van der Waals surface area contributed by atoms with Crippen LogP contribution in [-0.4, -0.2) is 45.1 Å². The number of benzene rings is 2. The molecule has 2 aromatic carbocycles. The predicted molar refractivity (Wildman–Crippen MR) is 130 cm³/mol. The molecular weight excluding hydrogens is 434 g/mol. The summed E-state index contributed by atoms with van der Waals surface area (Å²) in [7, 11) is 1.66. The van der Waals surface area contributed by atoms with Gasteiger partial charge in [-0.3, -0.25) is 14.3 Å². The highest BCUT2D eigenvalue weighted by Gasteiger charge is 2.16. The second-order valence-electron chi connectivity index (χ2n) is 7.34. The number of anilines is 1. The van der Waals surface area contributed by atoms with Crippen LogP contribution in [0.15, 0.2) is 84.3 Å². The van der Waals surface area contributed by atoms with E-state index in [1.807, 2.05) is 59.2 Å². The Kier molecular flexibility index (Phi) is 7.84. The number of carbonyl (C=O) groups is 1. The first-order chi connectivity index (χ1) is 16.2. The third-order valence-electron chi connectivity index (χ3n) is 5.04. The lowest BCUT2D eigenvalue weighted by atomic mass is 10.0. The van der Waals surface area contributed by atoms with Crippen molar-refractivity contribution < 1.29 is 9.53 Å². The van der Waals surface area contributed by atoms with Gasteiger partial charge in [0.05, 0.1) is 18.9 Å². The van der Waals surface area contributed by atoms with Gasteiger partial charge in [-0.25, -0.2) is 0 Å². The Morgan fingerprint density at radius 1 is 1.00 bits per heavy atom. The molecule has 0 aliphatic carbocycles. The Balaban J connectivity index is 1.44. The Labute approximate surface area is 197 Å².